The summed E-state index contributed by atoms with van der Waals surface area (Å²) in [6.07, 6.45) is 5.82. The summed E-state index contributed by atoms with van der Waals surface area (Å²) in [4.78, 5) is 49.2. The molecule has 26 heavy (non-hydrogen) atoms. The third-order valence-electron chi connectivity index (χ3n) is 4.82. The maximum atomic E-state index is 12.3. The SMILES string of the molecule is O=C(CC(=O)N1CCCCC1)Nc1sc2c(c1C(=O)[N+](=O)[O-])CCCC2. The summed E-state index contributed by atoms with van der Waals surface area (Å²) in [6, 6.07) is 0. The van der Waals surface area contributed by atoms with E-state index in [1.807, 2.05) is 0 Å². The summed E-state index contributed by atoms with van der Waals surface area (Å²) >= 11 is 1.22. The van der Waals surface area contributed by atoms with Gasteiger partial charge in [0.15, 0.2) is 0 Å². The molecule has 1 fully saturated rings. The van der Waals surface area contributed by atoms with Crippen molar-refractivity contribution < 1.29 is 19.3 Å². The number of hydrogen-bond donors (Lipinski definition) is 1. The lowest BCUT2D eigenvalue weighted by Gasteiger charge is -2.26. The molecule has 140 valence electrons. The van der Waals surface area contributed by atoms with E-state index < -0.39 is 16.7 Å². The number of piperidine rings is 1. The molecule has 0 radical (unpaired) electrons. The van der Waals surface area contributed by atoms with Crippen LogP contribution < -0.4 is 5.32 Å². The number of likely N-dealkylation sites (tertiary alicyclic amines) is 1. The number of nitro groups is 1. The first-order valence-electron chi connectivity index (χ1n) is 8.88. The van der Waals surface area contributed by atoms with Crippen LogP contribution in [0.15, 0.2) is 0 Å². The molecule has 0 spiro atoms. The lowest BCUT2D eigenvalue weighted by Crippen LogP contribution is -2.37. The van der Waals surface area contributed by atoms with Gasteiger partial charge in [-0.3, -0.25) is 19.7 Å². The van der Waals surface area contributed by atoms with Crippen molar-refractivity contribution in [3.63, 3.8) is 0 Å². The number of anilines is 1. The fourth-order valence-electron chi connectivity index (χ4n) is 3.53. The van der Waals surface area contributed by atoms with Crippen LogP contribution >= 0.6 is 11.3 Å². The standard InChI is InChI=1S/C17H21N3O5S/c21-13(10-14(22)19-8-4-1-5-9-19)18-16-15(17(23)20(24)25)11-6-2-3-7-12(11)26-16/h1-10H2,(H,18,21). The zero-order valence-corrected chi connectivity index (χ0v) is 15.2. The minimum absolute atomic E-state index is 0.00604. The molecule has 1 aliphatic heterocycles. The van der Waals surface area contributed by atoms with E-state index in [1.54, 1.807) is 4.90 Å². The van der Waals surface area contributed by atoms with Crippen molar-refractivity contribution in [2.75, 3.05) is 18.4 Å². The third kappa shape index (κ3) is 3.92. The monoisotopic (exact) mass is 379 g/mol. The summed E-state index contributed by atoms with van der Waals surface area (Å²) in [5.41, 5.74) is 0.675. The number of aryl methyl sites for hydroxylation is 1. The Morgan fingerprint density at radius 3 is 2.46 bits per heavy atom. The molecule has 3 rings (SSSR count). The number of carbonyl (C=O) groups excluding carboxylic acids is 3. The maximum absolute atomic E-state index is 12.3. The average molecular weight is 379 g/mol. The van der Waals surface area contributed by atoms with Crippen LogP contribution in [0, 0.1) is 10.1 Å². The number of hydrogen-bond acceptors (Lipinski definition) is 6. The van der Waals surface area contributed by atoms with Gasteiger partial charge in [0, 0.05) is 18.0 Å². The quantitative estimate of drug-likeness (QED) is 0.491. The van der Waals surface area contributed by atoms with Gasteiger partial charge in [-0.1, -0.05) is 0 Å². The first-order valence-corrected chi connectivity index (χ1v) is 9.70. The number of thiophene rings is 1. The molecule has 2 aliphatic rings. The van der Waals surface area contributed by atoms with E-state index >= 15 is 0 Å². The number of fused-ring (bicyclic) bond motifs is 1. The van der Waals surface area contributed by atoms with E-state index in [-0.39, 0.29) is 22.9 Å². The summed E-state index contributed by atoms with van der Waals surface area (Å²) in [5.74, 6) is -1.97. The highest BCUT2D eigenvalue weighted by atomic mass is 32.1. The van der Waals surface area contributed by atoms with E-state index in [4.69, 9.17) is 0 Å². The Balaban J connectivity index is 1.75. The molecular weight excluding hydrogens is 358 g/mol. The highest BCUT2D eigenvalue weighted by molar-refractivity contribution is 7.17. The maximum Gasteiger partial charge on any atom is 0.479 e. The number of amides is 3. The molecule has 1 saturated heterocycles. The van der Waals surface area contributed by atoms with Crippen molar-refractivity contribution in [3.8, 4) is 0 Å². The lowest BCUT2D eigenvalue weighted by atomic mass is 9.95. The molecule has 8 nitrogen and oxygen atoms in total. The Morgan fingerprint density at radius 1 is 1.08 bits per heavy atom. The van der Waals surface area contributed by atoms with Gasteiger partial charge in [-0.05, 0) is 50.5 Å². The van der Waals surface area contributed by atoms with E-state index in [2.05, 4.69) is 5.32 Å². The minimum Gasteiger partial charge on any atom is -0.342 e. The fourth-order valence-corrected chi connectivity index (χ4v) is 4.83. The first-order chi connectivity index (χ1) is 12.5. The minimum atomic E-state index is -1.19. The van der Waals surface area contributed by atoms with Crippen LogP contribution in [0.2, 0.25) is 0 Å². The van der Waals surface area contributed by atoms with Crippen LogP contribution in [0.25, 0.3) is 0 Å². The largest absolute Gasteiger partial charge is 0.479 e. The van der Waals surface area contributed by atoms with Gasteiger partial charge in [0.25, 0.3) is 0 Å². The zero-order valence-electron chi connectivity index (χ0n) is 14.4. The predicted molar refractivity (Wildman–Crippen MR) is 96.0 cm³/mol. The molecule has 2 heterocycles. The van der Waals surface area contributed by atoms with Gasteiger partial charge in [0.2, 0.25) is 11.8 Å². The molecule has 1 aliphatic carbocycles. The third-order valence-corrected chi connectivity index (χ3v) is 6.03. The molecule has 0 aromatic carbocycles. The van der Waals surface area contributed by atoms with Gasteiger partial charge in [0.05, 0.1) is 0 Å². The predicted octanol–water partition coefficient (Wildman–Crippen LogP) is 2.38. The molecule has 1 aromatic rings. The second-order valence-electron chi connectivity index (χ2n) is 6.64. The van der Waals surface area contributed by atoms with Gasteiger partial charge in [-0.25, -0.2) is 4.79 Å². The Labute approximate surface area is 154 Å². The number of nitrogens with one attached hydrogen (secondary N) is 1. The van der Waals surface area contributed by atoms with Crippen LogP contribution in [-0.4, -0.2) is 40.6 Å². The molecule has 0 saturated carbocycles. The molecule has 0 atom stereocenters. The summed E-state index contributed by atoms with van der Waals surface area (Å²) in [7, 11) is 0. The van der Waals surface area contributed by atoms with Crippen molar-refractivity contribution in [2.45, 2.75) is 51.4 Å². The molecule has 1 aromatic heterocycles. The van der Waals surface area contributed by atoms with Crippen LogP contribution in [-0.2, 0) is 22.4 Å². The van der Waals surface area contributed by atoms with Crippen LogP contribution in [0.5, 0.6) is 0 Å². The molecular formula is C17H21N3O5S. The van der Waals surface area contributed by atoms with Crippen molar-refractivity contribution in [2.24, 2.45) is 0 Å². The lowest BCUT2D eigenvalue weighted by molar-refractivity contribution is -0.375. The highest BCUT2D eigenvalue weighted by Gasteiger charge is 2.33. The Bertz CT molecular complexity index is 752. The van der Waals surface area contributed by atoms with Crippen LogP contribution in [0.1, 0.15) is 59.3 Å². The van der Waals surface area contributed by atoms with Crippen LogP contribution in [0.4, 0.5) is 5.00 Å². The van der Waals surface area contributed by atoms with E-state index in [0.29, 0.717) is 25.1 Å². The topological polar surface area (TPSA) is 110 Å². The van der Waals surface area contributed by atoms with Crippen molar-refractivity contribution in [3.05, 3.63) is 26.1 Å². The van der Waals surface area contributed by atoms with E-state index in [1.165, 1.54) is 11.3 Å². The number of nitrogens with zero attached hydrogens (tertiary/aromatic N) is 2. The van der Waals surface area contributed by atoms with Gasteiger partial charge >= 0.3 is 5.91 Å². The normalized spacial score (nSPS) is 16.7. The van der Waals surface area contributed by atoms with Crippen molar-refractivity contribution in [1.29, 1.82) is 0 Å². The summed E-state index contributed by atoms with van der Waals surface area (Å²) in [6.45, 7) is 1.31. The van der Waals surface area contributed by atoms with Gasteiger partial charge in [-0.2, -0.15) is 0 Å². The second-order valence-corrected chi connectivity index (χ2v) is 7.75. The van der Waals surface area contributed by atoms with Crippen LogP contribution in [0.3, 0.4) is 0 Å². The van der Waals surface area contributed by atoms with E-state index in [0.717, 1.165) is 43.4 Å². The smallest absolute Gasteiger partial charge is 0.342 e. The summed E-state index contributed by atoms with van der Waals surface area (Å²) < 4.78 is 0. The first kappa shape index (κ1) is 18.5. The summed E-state index contributed by atoms with van der Waals surface area (Å²) in [5, 5.41) is 13.8. The van der Waals surface area contributed by atoms with Gasteiger partial charge in [-0.15, -0.1) is 11.3 Å². The molecule has 0 bridgehead atoms. The molecule has 1 N–H and O–H groups in total. The molecule has 9 heteroatoms. The second kappa shape index (κ2) is 7.94. The fraction of sp³-hybridized carbons (Fsp3) is 0.588. The highest BCUT2D eigenvalue weighted by Crippen LogP contribution is 2.38. The van der Waals surface area contributed by atoms with E-state index in [9.17, 15) is 24.5 Å². The molecule has 0 unspecified atom stereocenters. The Morgan fingerprint density at radius 2 is 1.77 bits per heavy atom. The number of rotatable bonds is 4. The Kier molecular flexibility index (Phi) is 5.65. The van der Waals surface area contributed by atoms with Crippen molar-refractivity contribution >= 4 is 34.1 Å². The van der Waals surface area contributed by atoms with Crippen molar-refractivity contribution in [1.82, 2.24) is 4.90 Å². The average Bonchev–Trinajstić information content (AvgIpc) is 2.99. The van der Waals surface area contributed by atoms with Gasteiger partial charge in [0.1, 0.15) is 21.9 Å². The number of carbonyl (C=O) groups is 3. The zero-order chi connectivity index (χ0) is 18.7. The van der Waals surface area contributed by atoms with Gasteiger partial charge < -0.3 is 10.2 Å². The Hall–Kier alpha value is -2.29. The molecule has 3 amide bonds.